The molecule has 0 N–H and O–H groups in total. The molecule has 0 unspecified atom stereocenters. The standard InChI is InChI=1S/C41H25NOS/c1-2-9-26(10-3-1)27-19-21-28(22-20-27)29-11-6-12-30(25-29)31-14-7-15-33-35-23-24-37(42-41(35)43-39(31)33)36-17-8-16-34-32-13-4-5-18-38(32)44-40(34)36/h1-25H. The Hall–Kier alpha value is -5.51. The Labute approximate surface area is 258 Å². The van der Waals surface area contributed by atoms with Gasteiger partial charge in [-0.2, -0.15) is 0 Å². The minimum Gasteiger partial charge on any atom is -0.437 e. The largest absolute Gasteiger partial charge is 0.437 e. The van der Waals surface area contributed by atoms with Crippen molar-refractivity contribution in [2.24, 2.45) is 0 Å². The Balaban J connectivity index is 1.12. The minimum absolute atomic E-state index is 0.663. The van der Waals surface area contributed by atoms with Gasteiger partial charge in [0.05, 0.1) is 5.69 Å². The highest BCUT2D eigenvalue weighted by molar-refractivity contribution is 7.26. The van der Waals surface area contributed by atoms with E-state index in [1.807, 2.05) is 17.4 Å². The molecule has 3 heteroatoms. The number of furan rings is 1. The molecule has 3 heterocycles. The molecule has 44 heavy (non-hydrogen) atoms. The molecule has 0 fully saturated rings. The zero-order chi connectivity index (χ0) is 29.0. The summed E-state index contributed by atoms with van der Waals surface area (Å²) in [6, 6.07) is 53.7. The molecule has 0 saturated heterocycles. The predicted octanol–water partition coefficient (Wildman–Crippen LogP) is 12.0. The van der Waals surface area contributed by atoms with Crippen LogP contribution in [0.2, 0.25) is 0 Å². The van der Waals surface area contributed by atoms with E-state index in [1.54, 1.807) is 0 Å². The van der Waals surface area contributed by atoms with Crippen LogP contribution < -0.4 is 0 Å². The van der Waals surface area contributed by atoms with Gasteiger partial charge in [0.1, 0.15) is 5.58 Å². The second-order valence-corrected chi connectivity index (χ2v) is 12.2. The summed E-state index contributed by atoms with van der Waals surface area (Å²) in [5.74, 6) is 0. The summed E-state index contributed by atoms with van der Waals surface area (Å²) in [7, 11) is 0. The van der Waals surface area contributed by atoms with Gasteiger partial charge in [-0.25, -0.2) is 4.98 Å². The summed E-state index contributed by atoms with van der Waals surface area (Å²) >= 11 is 1.82. The molecule has 206 valence electrons. The second kappa shape index (κ2) is 10.0. The van der Waals surface area contributed by atoms with Crippen LogP contribution in [0.5, 0.6) is 0 Å². The van der Waals surface area contributed by atoms with Crippen LogP contribution in [0.3, 0.4) is 0 Å². The van der Waals surface area contributed by atoms with Crippen LogP contribution in [0, 0.1) is 0 Å². The van der Waals surface area contributed by atoms with Crippen molar-refractivity contribution in [2.45, 2.75) is 0 Å². The molecule has 2 nitrogen and oxygen atoms in total. The van der Waals surface area contributed by atoms with Crippen molar-refractivity contribution < 1.29 is 4.42 Å². The third-order valence-corrected chi connectivity index (χ3v) is 9.76. The van der Waals surface area contributed by atoms with Crippen LogP contribution in [0.25, 0.3) is 86.9 Å². The van der Waals surface area contributed by atoms with Gasteiger partial charge in [0, 0.05) is 42.1 Å². The Bertz CT molecular complexity index is 2490. The number of aromatic nitrogens is 1. The van der Waals surface area contributed by atoms with Gasteiger partial charge in [0.2, 0.25) is 5.71 Å². The van der Waals surface area contributed by atoms with Gasteiger partial charge in [-0.05, 0) is 52.1 Å². The van der Waals surface area contributed by atoms with Crippen molar-refractivity contribution in [3.63, 3.8) is 0 Å². The lowest BCUT2D eigenvalue weighted by atomic mass is 9.96. The lowest BCUT2D eigenvalue weighted by Gasteiger charge is -2.08. The molecule has 0 aliphatic heterocycles. The van der Waals surface area contributed by atoms with Crippen molar-refractivity contribution in [3.05, 3.63) is 152 Å². The number of thiophene rings is 1. The number of hydrogen-bond donors (Lipinski definition) is 0. The molecule has 0 atom stereocenters. The number of hydrogen-bond acceptors (Lipinski definition) is 3. The number of rotatable bonds is 4. The summed E-state index contributed by atoms with van der Waals surface area (Å²) in [4.78, 5) is 5.08. The molecule has 0 aliphatic rings. The van der Waals surface area contributed by atoms with Gasteiger partial charge in [0.25, 0.3) is 0 Å². The van der Waals surface area contributed by atoms with Gasteiger partial charge < -0.3 is 4.42 Å². The Kier molecular flexibility index (Phi) is 5.71. The van der Waals surface area contributed by atoms with Crippen LogP contribution in [0.4, 0.5) is 0 Å². The molecule has 0 aliphatic carbocycles. The average molecular weight is 580 g/mol. The molecule has 0 bridgehead atoms. The van der Waals surface area contributed by atoms with E-state index < -0.39 is 0 Å². The van der Waals surface area contributed by atoms with E-state index in [-0.39, 0.29) is 0 Å². The molecule has 0 radical (unpaired) electrons. The first kappa shape index (κ1) is 25.0. The fraction of sp³-hybridized carbons (Fsp3) is 0. The average Bonchev–Trinajstić information content (AvgIpc) is 3.67. The summed E-state index contributed by atoms with van der Waals surface area (Å²) < 4.78 is 9.12. The van der Waals surface area contributed by atoms with E-state index in [2.05, 4.69) is 146 Å². The first-order valence-electron chi connectivity index (χ1n) is 14.8. The maximum Gasteiger partial charge on any atom is 0.227 e. The van der Waals surface area contributed by atoms with Gasteiger partial charge in [-0.15, -0.1) is 11.3 Å². The van der Waals surface area contributed by atoms with Crippen molar-refractivity contribution >= 4 is 53.6 Å². The molecule has 3 aromatic heterocycles. The van der Waals surface area contributed by atoms with Crippen LogP contribution in [0.1, 0.15) is 0 Å². The van der Waals surface area contributed by atoms with Crippen molar-refractivity contribution in [1.29, 1.82) is 0 Å². The van der Waals surface area contributed by atoms with Crippen LogP contribution >= 0.6 is 11.3 Å². The molecule has 0 amide bonds. The van der Waals surface area contributed by atoms with Crippen molar-refractivity contribution in [3.8, 4) is 44.6 Å². The minimum atomic E-state index is 0.663. The quantitative estimate of drug-likeness (QED) is 0.207. The highest BCUT2D eigenvalue weighted by atomic mass is 32.1. The zero-order valence-corrected chi connectivity index (χ0v) is 24.5. The Morgan fingerprint density at radius 1 is 0.432 bits per heavy atom. The molecule has 6 aromatic carbocycles. The third-order valence-electron chi connectivity index (χ3n) is 8.54. The highest BCUT2D eigenvalue weighted by Crippen LogP contribution is 2.41. The fourth-order valence-electron chi connectivity index (χ4n) is 6.36. The van der Waals surface area contributed by atoms with Crippen LogP contribution in [0.15, 0.2) is 156 Å². The molecule has 0 spiro atoms. The van der Waals surface area contributed by atoms with E-state index in [1.165, 1.54) is 42.4 Å². The smallest absolute Gasteiger partial charge is 0.227 e. The first-order valence-corrected chi connectivity index (χ1v) is 15.6. The molecular weight excluding hydrogens is 555 g/mol. The normalized spacial score (nSPS) is 11.6. The second-order valence-electron chi connectivity index (χ2n) is 11.1. The number of pyridine rings is 1. The van der Waals surface area contributed by atoms with Crippen molar-refractivity contribution in [1.82, 2.24) is 4.98 Å². The topological polar surface area (TPSA) is 26.0 Å². The molecule has 9 rings (SSSR count). The highest BCUT2D eigenvalue weighted by Gasteiger charge is 2.16. The maximum atomic E-state index is 6.57. The fourth-order valence-corrected chi connectivity index (χ4v) is 7.58. The van der Waals surface area contributed by atoms with Gasteiger partial charge in [0.15, 0.2) is 0 Å². The van der Waals surface area contributed by atoms with E-state index in [9.17, 15) is 0 Å². The van der Waals surface area contributed by atoms with E-state index in [4.69, 9.17) is 9.40 Å². The molecule has 9 aromatic rings. The van der Waals surface area contributed by atoms with E-state index in [0.29, 0.717) is 5.71 Å². The number of para-hydroxylation sites is 1. The maximum absolute atomic E-state index is 6.57. The summed E-state index contributed by atoms with van der Waals surface area (Å²) in [5.41, 5.74) is 10.6. The van der Waals surface area contributed by atoms with Gasteiger partial charge in [-0.3, -0.25) is 0 Å². The molecule has 0 saturated carbocycles. The van der Waals surface area contributed by atoms with Crippen LogP contribution in [-0.2, 0) is 0 Å². The number of fused-ring (bicyclic) bond motifs is 6. The summed E-state index contributed by atoms with van der Waals surface area (Å²) in [6.45, 7) is 0. The SMILES string of the molecule is c1ccc(-c2ccc(-c3cccc(-c4cccc5c4oc4nc(-c6cccc7c6sc6ccccc67)ccc45)c3)cc2)cc1. The van der Waals surface area contributed by atoms with E-state index in [0.717, 1.165) is 38.7 Å². The van der Waals surface area contributed by atoms with E-state index >= 15 is 0 Å². The summed E-state index contributed by atoms with van der Waals surface area (Å²) in [5, 5.41) is 4.67. The van der Waals surface area contributed by atoms with Crippen LogP contribution in [-0.4, -0.2) is 4.98 Å². The lowest BCUT2D eigenvalue weighted by molar-refractivity contribution is 0.655. The lowest BCUT2D eigenvalue weighted by Crippen LogP contribution is -1.83. The Morgan fingerprint density at radius 2 is 1.07 bits per heavy atom. The third kappa shape index (κ3) is 4.05. The first-order chi connectivity index (χ1) is 21.8. The predicted molar refractivity (Wildman–Crippen MR) is 186 cm³/mol. The van der Waals surface area contributed by atoms with Gasteiger partial charge in [-0.1, -0.05) is 127 Å². The summed E-state index contributed by atoms with van der Waals surface area (Å²) in [6.07, 6.45) is 0. The monoisotopic (exact) mass is 579 g/mol. The Morgan fingerprint density at radius 3 is 1.93 bits per heavy atom. The molecular formula is C41H25NOS. The van der Waals surface area contributed by atoms with Gasteiger partial charge >= 0.3 is 0 Å². The number of nitrogens with zero attached hydrogens (tertiary/aromatic N) is 1. The van der Waals surface area contributed by atoms with Crippen molar-refractivity contribution in [2.75, 3.05) is 0 Å². The zero-order valence-electron chi connectivity index (χ0n) is 23.7. The number of benzene rings is 6.